The monoisotopic (exact) mass is 381 g/mol. The summed E-state index contributed by atoms with van der Waals surface area (Å²) >= 11 is 1.47. The minimum absolute atomic E-state index is 0.0318. The number of methoxy groups -OCH3 is 1. The van der Waals surface area contributed by atoms with Gasteiger partial charge in [-0.25, -0.2) is 17.5 Å². The van der Waals surface area contributed by atoms with E-state index in [4.69, 9.17) is 4.74 Å². The maximum Gasteiger partial charge on any atom is 0.244 e. The second kappa shape index (κ2) is 7.09. The number of ether oxygens (including phenoxy) is 1. The van der Waals surface area contributed by atoms with Crippen molar-refractivity contribution in [3.63, 3.8) is 0 Å². The SMILES string of the molecule is COc1ccc(F)cc1S(=O)(=O)NCC(O)c1csc2ccccc12. The lowest BCUT2D eigenvalue weighted by Crippen LogP contribution is -2.29. The first kappa shape index (κ1) is 17.8. The molecule has 5 nitrogen and oxygen atoms in total. The summed E-state index contributed by atoms with van der Waals surface area (Å²) in [6.45, 7) is -0.233. The number of thiophene rings is 1. The van der Waals surface area contributed by atoms with Crippen LogP contribution in [0.2, 0.25) is 0 Å². The van der Waals surface area contributed by atoms with E-state index in [0.29, 0.717) is 5.56 Å². The van der Waals surface area contributed by atoms with Gasteiger partial charge in [0.25, 0.3) is 0 Å². The third-order valence-corrected chi connectivity index (χ3v) is 6.18. The van der Waals surface area contributed by atoms with Crippen LogP contribution in [0.15, 0.2) is 52.7 Å². The molecule has 1 unspecified atom stereocenters. The van der Waals surface area contributed by atoms with Crippen LogP contribution in [0.25, 0.3) is 10.1 Å². The van der Waals surface area contributed by atoms with Crippen molar-refractivity contribution in [3.05, 3.63) is 59.2 Å². The fourth-order valence-electron chi connectivity index (χ4n) is 2.49. The first-order valence-electron chi connectivity index (χ1n) is 7.40. The highest BCUT2D eigenvalue weighted by molar-refractivity contribution is 7.89. The molecule has 0 aliphatic carbocycles. The molecule has 1 heterocycles. The summed E-state index contributed by atoms with van der Waals surface area (Å²) < 4.78 is 46.6. The highest BCUT2D eigenvalue weighted by atomic mass is 32.2. The summed E-state index contributed by atoms with van der Waals surface area (Å²) in [5, 5.41) is 13.0. The number of aliphatic hydroxyl groups is 1. The second-order valence-electron chi connectivity index (χ2n) is 5.35. The van der Waals surface area contributed by atoms with E-state index in [9.17, 15) is 17.9 Å². The summed E-state index contributed by atoms with van der Waals surface area (Å²) in [5.74, 6) is -0.657. The van der Waals surface area contributed by atoms with Crippen LogP contribution in [0.4, 0.5) is 4.39 Å². The molecule has 2 N–H and O–H groups in total. The lowest BCUT2D eigenvalue weighted by molar-refractivity contribution is 0.184. The molecule has 25 heavy (non-hydrogen) atoms. The Labute approximate surface area is 148 Å². The Morgan fingerprint density at radius 1 is 1.28 bits per heavy atom. The van der Waals surface area contributed by atoms with Gasteiger partial charge in [-0.3, -0.25) is 0 Å². The van der Waals surface area contributed by atoms with Crippen LogP contribution < -0.4 is 9.46 Å². The van der Waals surface area contributed by atoms with E-state index in [1.807, 2.05) is 24.3 Å². The van der Waals surface area contributed by atoms with Crippen molar-refractivity contribution < 1.29 is 22.7 Å². The van der Waals surface area contributed by atoms with Crippen LogP contribution in [0.5, 0.6) is 5.75 Å². The van der Waals surface area contributed by atoms with E-state index in [2.05, 4.69) is 4.72 Å². The zero-order valence-corrected chi connectivity index (χ0v) is 14.9. The van der Waals surface area contributed by atoms with Crippen molar-refractivity contribution in [1.82, 2.24) is 4.72 Å². The molecular formula is C17H16FNO4S2. The molecule has 0 fully saturated rings. The predicted molar refractivity (Wildman–Crippen MR) is 94.9 cm³/mol. The number of nitrogens with one attached hydrogen (secondary N) is 1. The lowest BCUT2D eigenvalue weighted by Gasteiger charge is -2.14. The van der Waals surface area contributed by atoms with Crippen molar-refractivity contribution >= 4 is 31.4 Å². The average molecular weight is 381 g/mol. The fourth-order valence-corrected chi connectivity index (χ4v) is 4.72. The lowest BCUT2D eigenvalue weighted by atomic mass is 10.1. The highest BCUT2D eigenvalue weighted by Crippen LogP contribution is 2.30. The standard InChI is InChI=1S/C17H16FNO4S2/c1-23-15-7-6-11(18)8-17(15)25(21,22)19-9-14(20)13-10-24-16-5-3-2-4-12(13)16/h2-8,10,14,19-20H,9H2,1H3. The molecule has 0 saturated heterocycles. The molecule has 0 aliphatic rings. The van der Waals surface area contributed by atoms with Gasteiger partial charge < -0.3 is 9.84 Å². The summed E-state index contributed by atoms with van der Waals surface area (Å²) in [5.41, 5.74) is 0.648. The van der Waals surface area contributed by atoms with Gasteiger partial charge in [0.2, 0.25) is 10.0 Å². The van der Waals surface area contributed by atoms with Crippen LogP contribution in [-0.4, -0.2) is 27.2 Å². The molecule has 0 amide bonds. The van der Waals surface area contributed by atoms with Crippen molar-refractivity contribution in [3.8, 4) is 5.75 Å². The number of hydrogen-bond acceptors (Lipinski definition) is 5. The second-order valence-corrected chi connectivity index (χ2v) is 8.00. The largest absolute Gasteiger partial charge is 0.495 e. The van der Waals surface area contributed by atoms with E-state index in [1.165, 1.54) is 24.5 Å². The summed E-state index contributed by atoms with van der Waals surface area (Å²) in [6.07, 6.45) is -1.02. The molecule has 8 heteroatoms. The Hall–Kier alpha value is -2.00. The summed E-state index contributed by atoms with van der Waals surface area (Å²) in [6, 6.07) is 10.8. The Morgan fingerprint density at radius 3 is 2.80 bits per heavy atom. The molecule has 0 radical (unpaired) electrons. The van der Waals surface area contributed by atoms with E-state index < -0.39 is 21.9 Å². The molecule has 0 saturated carbocycles. The molecule has 132 valence electrons. The normalized spacial score (nSPS) is 13.1. The van der Waals surface area contributed by atoms with Gasteiger partial charge in [-0.1, -0.05) is 18.2 Å². The van der Waals surface area contributed by atoms with Crippen molar-refractivity contribution in [2.24, 2.45) is 0 Å². The van der Waals surface area contributed by atoms with Crippen molar-refractivity contribution in [1.29, 1.82) is 0 Å². The Kier molecular flexibility index (Phi) is 5.05. The maximum absolute atomic E-state index is 13.4. The number of halogens is 1. The number of rotatable bonds is 6. The van der Waals surface area contributed by atoms with E-state index in [0.717, 1.165) is 22.2 Å². The Morgan fingerprint density at radius 2 is 2.04 bits per heavy atom. The van der Waals surface area contributed by atoms with E-state index in [-0.39, 0.29) is 17.2 Å². The average Bonchev–Trinajstić information content (AvgIpc) is 3.04. The van der Waals surface area contributed by atoms with E-state index in [1.54, 1.807) is 5.38 Å². The number of aliphatic hydroxyl groups excluding tert-OH is 1. The number of sulfonamides is 1. The molecule has 3 aromatic rings. The third-order valence-electron chi connectivity index (χ3n) is 3.75. The van der Waals surface area contributed by atoms with Gasteiger partial charge in [0.05, 0.1) is 13.2 Å². The van der Waals surface area contributed by atoms with Crippen LogP contribution in [0.3, 0.4) is 0 Å². The van der Waals surface area contributed by atoms with Gasteiger partial charge >= 0.3 is 0 Å². The highest BCUT2D eigenvalue weighted by Gasteiger charge is 2.22. The zero-order chi connectivity index (χ0) is 18.0. The van der Waals surface area contributed by atoms with Gasteiger partial charge in [0, 0.05) is 16.8 Å². The molecule has 0 aliphatic heterocycles. The topological polar surface area (TPSA) is 75.6 Å². The van der Waals surface area contributed by atoms with Gasteiger partial charge in [0.1, 0.15) is 16.5 Å². The van der Waals surface area contributed by atoms with Gasteiger partial charge in [0.15, 0.2) is 0 Å². The minimum atomic E-state index is -4.04. The Bertz CT molecular complexity index is 1000. The molecular weight excluding hydrogens is 365 g/mol. The van der Waals surface area contributed by atoms with Gasteiger partial charge in [-0.2, -0.15) is 0 Å². The molecule has 2 aromatic carbocycles. The number of hydrogen-bond donors (Lipinski definition) is 2. The molecule has 0 spiro atoms. The molecule has 1 aromatic heterocycles. The summed E-state index contributed by atoms with van der Waals surface area (Å²) in [4.78, 5) is -0.308. The van der Waals surface area contributed by atoms with Crippen LogP contribution >= 0.6 is 11.3 Å². The first-order chi connectivity index (χ1) is 11.9. The number of fused-ring (bicyclic) bond motifs is 1. The first-order valence-corrected chi connectivity index (χ1v) is 9.76. The van der Waals surface area contributed by atoms with Gasteiger partial charge in [-0.05, 0) is 35.0 Å². The molecule has 0 bridgehead atoms. The zero-order valence-electron chi connectivity index (χ0n) is 13.3. The van der Waals surface area contributed by atoms with Crippen molar-refractivity contribution in [2.75, 3.05) is 13.7 Å². The predicted octanol–water partition coefficient (Wildman–Crippen LogP) is 3.06. The van der Waals surface area contributed by atoms with Gasteiger partial charge in [-0.15, -0.1) is 11.3 Å². The smallest absolute Gasteiger partial charge is 0.244 e. The minimum Gasteiger partial charge on any atom is -0.495 e. The number of benzene rings is 2. The third kappa shape index (κ3) is 3.67. The quantitative estimate of drug-likeness (QED) is 0.688. The maximum atomic E-state index is 13.4. The summed E-state index contributed by atoms with van der Waals surface area (Å²) in [7, 11) is -2.73. The van der Waals surface area contributed by atoms with Crippen LogP contribution in [0.1, 0.15) is 11.7 Å². The fraction of sp³-hybridized carbons (Fsp3) is 0.176. The van der Waals surface area contributed by atoms with Crippen LogP contribution in [0, 0.1) is 5.82 Å². The van der Waals surface area contributed by atoms with Crippen LogP contribution in [-0.2, 0) is 10.0 Å². The molecule has 1 atom stereocenters. The van der Waals surface area contributed by atoms with Crippen molar-refractivity contribution in [2.45, 2.75) is 11.0 Å². The van der Waals surface area contributed by atoms with E-state index >= 15 is 0 Å². The molecule has 3 rings (SSSR count). The Balaban J connectivity index is 1.82.